The molecule has 0 bridgehead atoms. The molecule has 1 aliphatic heterocycles. The standard InChI is InChI=1S/C19H28N2O2/c1-19(2,18(22)20-15-10-11-21(3)12-15)13-23-17-7-5-4-6-16(17)14-8-9-14/h4-7,14-15H,8-13H2,1-3H3,(H,20,22). The lowest BCUT2D eigenvalue weighted by molar-refractivity contribution is -0.131. The van der Waals surface area contributed by atoms with Crippen LogP contribution >= 0.6 is 0 Å². The molecule has 1 heterocycles. The number of carbonyl (C=O) groups is 1. The summed E-state index contributed by atoms with van der Waals surface area (Å²) in [7, 11) is 2.09. The smallest absolute Gasteiger partial charge is 0.229 e. The Morgan fingerprint density at radius 3 is 2.70 bits per heavy atom. The molecule has 1 saturated carbocycles. The monoisotopic (exact) mass is 316 g/mol. The molecule has 126 valence electrons. The lowest BCUT2D eigenvalue weighted by Crippen LogP contribution is -2.46. The minimum absolute atomic E-state index is 0.0849. The van der Waals surface area contributed by atoms with E-state index in [-0.39, 0.29) is 11.9 Å². The zero-order valence-electron chi connectivity index (χ0n) is 14.5. The number of rotatable bonds is 6. The molecule has 1 unspecified atom stereocenters. The number of hydrogen-bond acceptors (Lipinski definition) is 3. The van der Waals surface area contributed by atoms with E-state index in [0.717, 1.165) is 25.3 Å². The molecule has 0 aromatic heterocycles. The normalized spacial score (nSPS) is 22.1. The van der Waals surface area contributed by atoms with Gasteiger partial charge in [-0.2, -0.15) is 0 Å². The van der Waals surface area contributed by atoms with Gasteiger partial charge < -0.3 is 15.0 Å². The van der Waals surface area contributed by atoms with Gasteiger partial charge in [-0.05, 0) is 64.3 Å². The van der Waals surface area contributed by atoms with Crippen molar-refractivity contribution in [3.8, 4) is 5.75 Å². The van der Waals surface area contributed by atoms with E-state index in [1.54, 1.807) is 0 Å². The summed E-state index contributed by atoms with van der Waals surface area (Å²) in [6.07, 6.45) is 3.53. The van der Waals surface area contributed by atoms with Crippen LogP contribution < -0.4 is 10.1 Å². The van der Waals surface area contributed by atoms with Gasteiger partial charge in [0.25, 0.3) is 0 Å². The van der Waals surface area contributed by atoms with Gasteiger partial charge in [0.2, 0.25) is 5.91 Å². The molecule has 0 radical (unpaired) electrons. The highest BCUT2D eigenvalue weighted by molar-refractivity contribution is 5.82. The number of para-hydroxylation sites is 1. The van der Waals surface area contributed by atoms with E-state index in [9.17, 15) is 4.79 Å². The Morgan fingerprint density at radius 1 is 1.30 bits per heavy atom. The zero-order valence-corrected chi connectivity index (χ0v) is 14.5. The summed E-state index contributed by atoms with van der Waals surface area (Å²) in [6, 6.07) is 8.50. The Balaban J connectivity index is 1.56. The van der Waals surface area contributed by atoms with E-state index in [1.165, 1.54) is 18.4 Å². The maximum atomic E-state index is 12.6. The molecule has 3 rings (SSSR count). The van der Waals surface area contributed by atoms with Crippen LogP contribution in [-0.2, 0) is 4.79 Å². The fraction of sp³-hybridized carbons (Fsp3) is 0.632. The van der Waals surface area contributed by atoms with E-state index >= 15 is 0 Å². The van der Waals surface area contributed by atoms with Crippen LogP contribution in [0.5, 0.6) is 5.75 Å². The molecule has 1 saturated heterocycles. The molecule has 4 heteroatoms. The Labute approximate surface area is 139 Å². The summed E-state index contributed by atoms with van der Waals surface area (Å²) in [5.41, 5.74) is 0.763. The van der Waals surface area contributed by atoms with Crippen molar-refractivity contribution < 1.29 is 9.53 Å². The lowest BCUT2D eigenvalue weighted by atomic mass is 9.93. The minimum Gasteiger partial charge on any atom is -0.492 e. The van der Waals surface area contributed by atoms with Crippen molar-refractivity contribution in [3.05, 3.63) is 29.8 Å². The third-order valence-electron chi connectivity index (χ3n) is 4.87. The predicted octanol–water partition coefficient (Wildman–Crippen LogP) is 2.79. The molecular formula is C19H28N2O2. The van der Waals surface area contributed by atoms with Gasteiger partial charge in [0, 0.05) is 12.6 Å². The van der Waals surface area contributed by atoms with Crippen LogP contribution in [0.1, 0.15) is 44.6 Å². The van der Waals surface area contributed by atoms with E-state index < -0.39 is 5.41 Å². The first-order chi connectivity index (χ1) is 11.0. The highest BCUT2D eigenvalue weighted by Gasteiger charge is 2.33. The Hall–Kier alpha value is -1.55. The average Bonchev–Trinajstić information content (AvgIpc) is 3.29. The van der Waals surface area contributed by atoms with E-state index in [2.05, 4.69) is 29.4 Å². The van der Waals surface area contributed by atoms with Gasteiger partial charge in [0.05, 0.1) is 5.41 Å². The second-order valence-electron chi connectivity index (χ2n) is 7.71. The van der Waals surface area contributed by atoms with E-state index in [1.807, 2.05) is 26.0 Å². The second kappa shape index (κ2) is 6.52. The molecule has 1 aromatic rings. The number of hydrogen-bond donors (Lipinski definition) is 1. The van der Waals surface area contributed by atoms with Crippen LogP contribution in [0.15, 0.2) is 24.3 Å². The summed E-state index contributed by atoms with van der Waals surface area (Å²) < 4.78 is 6.04. The van der Waals surface area contributed by atoms with Gasteiger partial charge in [-0.1, -0.05) is 18.2 Å². The second-order valence-corrected chi connectivity index (χ2v) is 7.71. The topological polar surface area (TPSA) is 41.6 Å². The summed E-state index contributed by atoms with van der Waals surface area (Å²) in [5.74, 6) is 1.68. The molecule has 2 fully saturated rings. The predicted molar refractivity (Wildman–Crippen MR) is 91.7 cm³/mol. The molecule has 23 heavy (non-hydrogen) atoms. The van der Waals surface area contributed by atoms with Crippen molar-refractivity contribution in [2.45, 2.75) is 45.1 Å². The number of benzene rings is 1. The number of amides is 1. The number of nitrogens with zero attached hydrogens (tertiary/aromatic N) is 1. The SMILES string of the molecule is CN1CCC(NC(=O)C(C)(C)COc2ccccc2C2CC2)C1. The van der Waals surface area contributed by atoms with Gasteiger partial charge >= 0.3 is 0 Å². The zero-order chi connectivity index (χ0) is 16.4. The third-order valence-corrected chi connectivity index (χ3v) is 4.87. The Bertz CT molecular complexity index is 566. The molecule has 1 atom stereocenters. The molecule has 1 aliphatic carbocycles. The van der Waals surface area contributed by atoms with Gasteiger partial charge in [-0.3, -0.25) is 4.79 Å². The van der Waals surface area contributed by atoms with E-state index in [4.69, 9.17) is 4.74 Å². The van der Waals surface area contributed by atoms with Gasteiger partial charge in [-0.25, -0.2) is 0 Å². The molecule has 1 N–H and O–H groups in total. The number of likely N-dealkylation sites (N-methyl/N-ethyl adjacent to an activating group) is 1. The van der Waals surface area contributed by atoms with Crippen molar-refractivity contribution in [2.24, 2.45) is 5.41 Å². The summed E-state index contributed by atoms with van der Waals surface area (Å²) in [4.78, 5) is 14.8. The fourth-order valence-electron chi connectivity index (χ4n) is 3.10. The molecule has 4 nitrogen and oxygen atoms in total. The van der Waals surface area contributed by atoms with Crippen LogP contribution in [0.4, 0.5) is 0 Å². The molecular weight excluding hydrogens is 288 g/mol. The van der Waals surface area contributed by atoms with Crippen LogP contribution in [-0.4, -0.2) is 43.6 Å². The first kappa shape index (κ1) is 16.3. The van der Waals surface area contributed by atoms with Gasteiger partial charge in [0.1, 0.15) is 12.4 Å². The summed E-state index contributed by atoms with van der Waals surface area (Å²) in [6.45, 7) is 6.32. The van der Waals surface area contributed by atoms with Crippen LogP contribution in [0, 0.1) is 5.41 Å². The molecule has 0 spiro atoms. The molecule has 2 aliphatic rings. The Kier molecular flexibility index (Phi) is 4.62. The summed E-state index contributed by atoms with van der Waals surface area (Å²) in [5, 5.41) is 3.17. The number of likely N-dealkylation sites (tertiary alicyclic amines) is 1. The first-order valence-corrected chi connectivity index (χ1v) is 8.67. The quantitative estimate of drug-likeness (QED) is 0.877. The van der Waals surface area contributed by atoms with Crippen molar-refractivity contribution in [2.75, 3.05) is 26.7 Å². The van der Waals surface area contributed by atoms with Crippen LogP contribution in [0.3, 0.4) is 0 Å². The minimum atomic E-state index is -0.530. The van der Waals surface area contributed by atoms with Gasteiger partial charge in [0.15, 0.2) is 0 Å². The largest absolute Gasteiger partial charge is 0.492 e. The highest BCUT2D eigenvalue weighted by Crippen LogP contribution is 2.44. The van der Waals surface area contributed by atoms with E-state index in [0.29, 0.717) is 12.5 Å². The third kappa shape index (κ3) is 4.05. The van der Waals surface area contributed by atoms with Crippen molar-refractivity contribution in [3.63, 3.8) is 0 Å². The molecule has 1 amide bonds. The molecule has 1 aromatic carbocycles. The van der Waals surface area contributed by atoms with Crippen molar-refractivity contribution >= 4 is 5.91 Å². The average molecular weight is 316 g/mol. The maximum Gasteiger partial charge on any atom is 0.229 e. The van der Waals surface area contributed by atoms with Crippen LogP contribution in [0.25, 0.3) is 0 Å². The van der Waals surface area contributed by atoms with Gasteiger partial charge in [-0.15, -0.1) is 0 Å². The first-order valence-electron chi connectivity index (χ1n) is 8.67. The maximum absolute atomic E-state index is 12.6. The highest BCUT2D eigenvalue weighted by atomic mass is 16.5. The number of nitrogens with one attached hydrogen (secondary N) is 1. The lowest BCUT2D eigenvalue weighted by Gasteiger charge is -2.26. The Morgan fingerprint density at radius 2 is 2.04 bits per heavy atom. The van der Waals surface area contributed by atoms with Crippen molar-refractivity contribution in [1.82, 2.24) is 10.2 Å². The van der Waals surface area contributed by atoms with Crippen molar-refractivity contribution in [1.29, 1.82) is 0 Å². The van der Waals surface area contributed by atoms with Crippen LogP contribution in [0.2, 0.25) is 0 Å². The summed E-state index contributed by atoms with van der Waals surface area (Å²) >= 11 is 0. The number of carbonyl (C=O) groups excluding carboxylic acids is 1. The fourth-order valence-corrected chi connectivity index (χ4v) is 3.10. The number of ether oxygens (including phenoxy) is 1.